The molecule has 0 spiro atoms. The molecule has 1 aromatic carbocycles. The summed E-state index contributed by atoms with van der Waals surface area (Å²) in [5, 5.41) is 2.81. The van der Waals surface area contributed by atoms with Crippen LogP contribution in [-0.4, -0.2) is 31.8 Å². The van der Waals surface area contributed by atoms with Gasteiger partial charge < -0.3 is 5.32 Å². The number of benzene rings is 1. The Morgan fingerprint density at radius 1 is 1.29 bits per heavy atom. The number of nitrogens with one attached hydrogen (secondary N) is 1. The second kappa shape index (κ2) is 6.55. The van der Waals surface area contributed by atoms with E-state index >= 15 is 0 Å². The molecule has 21 heavy (non-hydrogen) atoms. The van der Waals surface area contributed by atoms with Crippen molar-refractivity contribution >= 4 is 31.8 Å². The van der Waals surface area contributed by atoms with Gasteiger partial charge in [-0.2, -0.15) is 4.31 Å². The van der Waals surface area contributed by atoms with Crippen molar-refractivity contribution in [3.05, 3.63) is 52.6 Å². The molecular weight excluding hydrogens is 354 g/mol. The predicted molar refractivity (Wildman–Crippen MR) is 86.6 cm³/mol. The normalized spacial score (nSPS) is 11.6. The summed E-state index contributed by atoms with van der Waals surface area (Å²) < 4.78 is 27.5. The fraction of sp³-hybridized carbons (Fsp3) is 0.214. The first kappa shape index (κ1) is 15.9. The molecule has 1 N–H and O–H groups in total. The van der Waals surface area contributed by atoms with Crippen LogP contribution >= 0.6 is 15.9 Å². The Kier molecular flexibility index (Phi) is 4.97. The first-order chi connectivity index (χ1) is 9.95. The molecule has 5 nitrogen and oxygen atoms in total. The summed E-state index contributed by atoms with van der Waals surface area (Å²) in [6.07, 6.45) is 1.55. The highest BCUT2D eigenvalue weighted by molar-refractivity contribution is 9.10. The average molecular weight is 370 g/mol. The molecule has 2 aromatic rings. The summed E-state index contributed by atoms with van der Waals surface area (Å²) in [7, 11) is -0.393. The maximum Gasteiger partial charge on any atom is 0.246 e. The van der Waals surface area contributed by atoms with E-state index in [1.165, 1.54) is 4.31 Å². The molecule has 0 unspecified atom stereocenters. The average Bonchev–Trinajstić information content (AvgIpc) is 2.47. The summed E-state index contributed by atoms with van der Waals surface area (Å²) in [5.41, 5.74) is 0.908. The quantitative estimate of drug-likeness (QED) is 0.879. The molecule has 0 aliphatic heterocycles. The van der Waals surface area contributed by atoms with E-state index in [9.17, 15) is 8.42 Å². The van der Waals surface area contributed by atoms with Gasteiger partial charge >= 0.3 is 0 Å². The molecule has 1 aromatic heterocycles. The number of pyridine rings is 1. The third kappa shape index (κ3) is 3.61. The smallest absolute Gasteiger partial charge is 0.246 e. The van der Waals surface area contributed by atoms with Gasteiger partial charge in [0.15, 0.2) is 0 Å². The van der Waals surface area contributed by atoms with Gasteiger partial charge in [0.1, 0.15) is 10.7 Å². The van der Waals surface area contributed by atoms with E-state index < -0.39 is 10.0 Å². The van der Waals surface area contributed by atoms with Gasteiger partial charge in [-0.05, 0) is 29.8 Å². The SMILES string of the molecule is CNc1ncccc1S(=O)(=O)N(C)Cc1cccc(Br)c1. The molecule has 0 saturated carbocycles. The zero-order chi connectivity index (χ0) is 15.5. The first-order valence-corrected chi connectivity index (χ1v) is 8.52. The van der Waals surface area contributed by atoms with E-state index in [1.54, 1.807) is 32.4 Å². The van der Waals surface area contributed by atoms with Crippen molar-refractivity contribution in [2.45, 2.75) is 11.4 Å². The van der Waals surface area contributed by atoms with Gasteiger partial charge in [-0.3, -0.25) is 0 Å². The minimum Gasteiger partial charge on any atom is -0.372 e. The van der Waals surface area contributed by atoms with Crippen LogP contribution in [0.25, 0.3) is 0 Å². The highest BCUT2D eigenvalue weighted by Gasteiger charge is 2.24. The number of aromatic nitrogens is 1. The second-order valence-corrected chi connectivity index (χ2v) is 7.42. The summed E-state index contributed by atoms with van der Waals surface area (Å²) in [6.45, 7) is 0.291. The van der Waals surface area contributed by atoms with Crippen LogP contribution in [0.1, 0.15) is 5.56 Å². The first-order valence-electron chi connectivity index (χ1n) is 6.28. The minimum atomic E-state index is -3.60. The van der Waals surface area contributed by atoms with Crippen molar-refractivity contribution in [2.75, 3.05) is 19.4 Å². The second-order valence-electron chi connectivity index (χ2n) is 4.49. The van der Waals surface area contributed by atoms with Crippen LogP contribution in [0.15, 0.2) is 52.0 Å². The zero-order valence-electron chi connectivity index (χ0n) is 11.7. The Morgan fingerprint density at radius 2 is 2.05 bits per heavy atom. The summed E-state index contributed by atoms with van der Waals surface area (Å²) >= 11 is 3.38. The van der Waals surface area contributed by atoms with Crippen molar-refractivity contribution in [1.82, 2.24) is 9.29 Å². The lowest BCUT2D eigenvalue weighted by Gasteiger charge is -2.18. The molecule has 7 heteroatoms. The molecular formula is C14H16BrN3O2S. The number of rotatable bonds is 5. The Labute approximate surface area is 133 Å². The monoisotopic (exact) mass is 369 g/mol. The molecule has 1 heterocycles. The molecule has 0 bridgehead atoms. The van der Waals surface area contributed by atoms with Gasteiger partial charge in [-0.1, -0.05) is 28.1 Å². The van der Waals surface area contributed by atoms with Crippen molar-refractivity contribution < 1.29 is 8.42 Å². The van der Waals surface area contributed by atoms with Crippen molar-refractivity contribution in [2.24, 2.45) is 0 Å². The topological polar surface area (TPSA) is 62.3 Å². The number of nitrogens with zero attached hydrogens (tertiary/aromatic N) is 2. The molecule has 0 aliphatic carbocycles. The van der Waals surface area contributed by atoms with Crippen LogP contribution in [0, 0.1) is 0 Å². The van der Waals surface area contributed by atoms with Gasteiger partial charge in [0, 0.05) is 31.3 Å². The van der Waals surface area contributed by atoms with Crippen LogP contribution in [0.5, 0.6) is 0 Å². The van der Waals surface area contributed by atoms with E-state index in [4.69, 9.17) is 0 Å². The number of halogens is 1. The third-order valence-corrected chi connectivity index (χ3v) is 5.32. The van der Waals surface area contributed by atoms with Crippen LogP contribution in [-0.2, 0) is 16.6 Å². The molecule has 0 radical (unpaired) electrons. The zero-order valence-corrected chi connectivity index (χ0v) is 14.1. The van der Waals surface area contributed by atoms with Crippen molar-refractivity contribution in [3.63, 3.8) is 0 Å². The Hall–Kier alpha value is -1.44. The minimum absolute atomic E-state index is 0.171. The fourth-order valence-electron chi connectivity index (χ4n) is 1.93. The third-order valence-electron chi connectivity index (χ3n) is 2.99. The lowest BCUT2D eigenvalue weighted by Crippen LogP contribution is -2.27. The Morgan fingerprint density at radius 3 is 2.71 bits per heavy atom. The maximum atomic E-state index is 12.6. The van der Waals surface area contributed by atoms with Crippen LogP contribution < -0.4 is 5.32 Å². The van der Waals surface area contributed by atoms with E-state index in [2.05, 4.69) is 26.2 Å². The van der Waals surface area contributed by atoms with Gasteiger partial charge in [0.25, 0.3) is 0 Å². The van der Waals surface area contributed by atoms with Crippen molar-refractivity contribution in [1.29, 1.82) is 0 Å². The largest absolute Gasteiger partial charge is 0.372 e. The number of hydrogen-bond donors (Lipinski definition) is 1. The lowest BCUT2D eigenvalue weighted by atomic mass is 10.2. The van der Waals surface area contributed by atoms with Gasteiger partial charge in [0.05, 0.1) is 0 Å². The maximum absolute atomic E-state index is 12.6. The van der Waals surface area contributed by atoms with Crippen LogP contribution in [0.3, 0.4) is 0 Å². The van der Waals surface area contributed by atoms with E-state index in [0.717, 1.165) is 10.0 Å². The van der Waals surface area contributed by atoms with Crippen molar-refractivity contribution in [3.8, 4) is 0 Å². The molecule has 112 valence electrons. The van der Waals surface area contributed by atoms with Crippen LogP contribution in [0.2, 0.25) is 0 Å². The van der Waals surface area contributed by atoms with Gasteiger partial charge in [0.2, 0.25) is 10.0 Å². The standard InChI is InChI=1S/C14H16BrN3O2S/c1-16-14-13(7-4-8-17-14)21(19,20)18(2)10-11-5-3-6-12(15)9-11/h3-9H,10H2,1-2H3,(H,16,17). The molecule has 0 fully saturated rings. The number of sulfonamides is 1. The Balaban J connectivity index is 2.31. The highest BCUT2D eigenvalue weighted by atomic mass is 79.9. The predicted octanol–water partition coefficient (Wildman–Crippen LogP) is 2.71. The molecule has 0 atom stereocenters. The summed E-state index contributed by atoms with van der Waals surface area (Å²) in [6, 6.07) is 10.7. The highest BCUT2D eigenvalue weighted by Crippen LogP contribution is 2.23. The molecule has 0 aliphatic rings. The van der Waals surface area contributed by atoms with E-state index in [-0.39, 0.29) is 4.90 Å². The van der Waals surface area contributed by atoms with Crippen LogP contribution in [0.4, 0.5) is 5.82 Å². The fourth-order valence-corrected chi connectivity index (χ4v) is 3.68. The Bertz CT molecular complexity index is 735. The lowest BCUT2D eigenvalue weighted by molar-refractivity contribution is 0.466. The van der Waals surface area contributed by atoms with Gasteiger partial charge in [-0.15, -0.1) is 0 Å². The summed E-state index contributed by atoms with van der Waals surface area (Å²) in [4.78, 5) is 4.21. The molecule has 2 rings (SSSR count). The molecule has 0 saturated heterocycles. The van der Waals surface area contributed by atoms with Gasteiger partial charge in [-0.25, -0.2) is 13.4 Å². The summed E-state index contributed by atoms with van der Waals surface area (Å²) in [5.74, 6) is 0.346. The van der Waals surface area contributed by atoms with E-state index in [1.807, 2.05) is 24.3 Å². The number of hydrogen-bond acceptors (Lipinski definition) is 4. The molecule has 0 amide bonds. The number of anilines is 1. The van der Waals surface area contributed by atoms with E-state index in [0.29, 0.717) is 12.4 Å².